The van der Waals surface area contributed by atoms with Gasteiger partial charge in [-0.3, -0.25) is 9.59 Å². The summed E-state index contributed by atoms with van der Waals surface area (Å²) in [6.45, 7) is 9.01. The first-order chi connectivity index (χ1) is 13.9. The predicted octanol–water partition coefficient (Wildman–Crippen LogP) is 4.67. The number of nitrogens with one attached hydrogen (secondary N) is 1. The van der Waals surface area contributed by atoms with Crippen molar-refractivity contribution in [2.45, 2.75) is 51.6 Å². The van der Waals surface area contributed by atoms with Gasteiger partial charge in [0.2, 0.25) is 11.8 Å². The van der Waals surface area contributed by atoms with E-state index >= 15 is 0 Å². The zero-order chi connectivity index (χ0) is 21.2. The topological polar surface area (TPSA) is 49.4 Å². The van der Waals surface area contributed by atoms with E-state index in [-0.39, 0.29) is 11.8 Å². The number of carbonyl (C=O) groups excluding carboxylic acids is 2. The van der Waals surface area contributed by atoms with E-state index < -0.39 is 6.04 Å². The van der Waals surface area contributed by atoms with Crippen LogP contribution in [0.2, 0.25) is 0 Å². The number of rotatable bonds is 10. The molecule has 2 aromatic rings. The van der Waals surface area contributed by atoms with Gasteiger partial charge in [-0.15, -0.1) is 11.8 Å². The Morgan fingerprint density at radius 2 is 1.66 bits per heavy atom. The Bertz CT molecular complexity index is 775. The van der Waals surface area contributed by atoms with Crippen molar-refractivity contribution in [3.63, 3.8) is 0 Å². The highest BCUT2D eigenvalue weighted by molar-refractivity contribution is 7.99. The second-order valence-electron chi connectivity index (χ2n) is 7.73. The van der Waals surface area contributed by atoms with Crippen LogP contribution in [0.25, 0.3) is 0 Å². The highest BCUT2D eigenvalue weighted by Gasteiger charge is 2.25. The summed E-state index contributed by atoms with van der Waals surface area (Å²) < 4.78 is 0. The lowest BCUT2D eigenvalue weighted by Crippen LogP contribution is -2.48. The SMILES string of the molecule is Cc1ccc(CN(C(=O)CCSc2ccccc2)[C@H](C)C(=O)NCC(C)C)cc1. The van der Waals surface area contributed by atoms with Crippen molar-refractivity contribution in [3.8, 4) is 0 Å². The summed E-state index contributed by atoms with van der Waals surface area (Å²) >= 11 is 1.66. The quantitative estimate of drug-likeness (QED) is 0.577. The maximum Gasteiger partial charge on any atom is 0.242 e. The van der Waals surface area contributed by atoms with Crippen molar-refractivity contribution in [1.29, 1.82) is 0 Å². The molecule has 0 spiro atoms. The fraction of sp³-hybridized carbons (Fsp3) is 0.417. The average molecular weight is 413 g/mol. The largest absolute Gasteiger partial charge is 0.354 e. The van der Waals surface area contributed by atoms with Crippen LogP contribution in [0.4, 0.5) is 0 Å². The highest BCUT2D eigenvalue weighted by atomic mass is 32.2. The molecule has 5 heteroatoms. The minimum Gasteiger partial charge on any atom is -0.354 e. The first kappa shape index (κ1) is 23.0. The molecule has 1 atom stereocenters. The van der Waals surface area contributed by atoms with Gasteiger partial charge >= 0.3 is 0 Å². The van der Waals surface area contributed by atoms with E-state index in [1.165, 1.54) is 5.56 Å². The van der Waals surface area contributed by atoms with Crippen molar-refractivity contribution in [2.75, 3.05) is 12.3 Å². The average Bonchev–Trinajstić information content (AvgIpc) is 2.71. The molecule has 156 valence electrons. The van der Waals surface area contributed by atoms with Gasteiger partial charge < -0.3 is 10.2 Å². The molecule has 0 unspecified atom stereocenters. The Hall–Kier alpha value is -2.27. The Kier molecular flexibility index (Phi) is 9.26. The van der Waals surface area contributed by atoms with Gasteiger partial charge in [0.05, 0.1) is 0 Å². The Morgan fingerprint density at radius 3 is 2.28 bits per heavy atom. The summed E-state index contributed by atoms with van der Waals surface area (Å²) in [5, 5.41) is 2.96. The maximum absolute atomic E-state index is 13.0. The van der Waals surface area contributed by atoms with Crippen molar-refractivity contribution >= 4 is 23.6 Å². The van der Waals surface area contributed by atoms with E-state index in [2.05, 4.69) is 19.2 Å². The highest BCUT2D eigenvalue weighted by Crippen LogP contribution is 2.19. The van der Waals surface area contributed by atoms with E-state index in [0.29, 0.717) is 31.2 Å². The van der Waals surface area contributed by atoms with Crippen LogP contribution in [0.3, 0.4) is 0 Å². The lowest BCUT2D eigenvalue weighted by Gasteiger charge is -2.29. The van der Waals surface area contributed by atoms with Gasteiger partial charge in [-0.25, -0.2) is 0 Å². The summed E-state index contributed by atoms with van der Waals surface area (Å²) in [7, 11) is 0. The second-order valence-corrected chi connectivity index (χ2v) is 8.90. The molecule has 2 aromatic carbocycles. The lowest BCUT2D eigenvalue weighted by atomic mass is 10.1. The molecule has 0 saturated heterocycles. The zero-order valence-electron chi connectivity index (χ0n) is 17.9. The third-order valence-electron chi connectivity index (χ3n) is 4.65. The molecule has 0 bridgehead atoms. The number of nitrogens with zero attached hydrogens (tertiary/aromatic N) is 1. The maximum atomic E-state index is 13.0. The van der Waals surface area contributed by atoms with E-state index in [9.17, 15) is 9.59 Å². The van der Waals surface area contributed by atoms with Gasteiger partial charge in [0.1, 0.15) is 6.04 Å². The molecule has 2 rings (SSSR count). The molecule has 0 heterocycles. The Morgan fingerprint density at radius 1 is 1.00 bits per heavy atom. The molecule has 4 nitrogen and oxygen atoms in total. The molecule has 29 heavy (non-hydrogen) atoms. The van der Waals surface area contributed by atoms with Crippen molar-refractivity contribution in [3.05, 3.63) is 65.7 Å². The zero-order valence-corrected chi connectivity index (χ0v) is 18.7. The summed E-state index contributed by atoms with van der Waals surface area (Å²) in [5.41, 5.74) is 2.21. The van der Waals surface area contributed by atoms with Crippen LogP contribution in [0.1, 0.15) is 38.3 Å². The van der Waals surface area contributed by atoms with Gasteiger partial charge in [-0.05, 0) is 37.5 Å². The molecule has 0 radical (unpaired) electrons. The van der Waals surface area contributed by atoms with Crippen molar-refractivity contribution in [2.24, 2.45) is 5.92 Å². The van der Waals surface area contributed by atoms with E-state index in [0.717, 1.165) is 10.5 Å². The number of amides is 2. The van der Waals surface area contributed by atoms with Crippen molar-refractivity contribution < 1.29 is 9.59 Å². The summed E-state index contributed by atoms with van der Waals surface area (Å²) in [4.78, 5) is 28.5. The summed E-state index contributed by atoms with van der Waals surface area (Å²) in [5.74, 6) is 0.957. The first-order valence-corrected chi connectivity index (χ1v) is 11.2. The van der Waals surface area contributed by atoms with Crippen LogP contribution in [0.15, 0.2) is 59.5 Å². The normalized spacial score (nSPS) is 11.9. The third kappa shape index (κ3) is 7.94. The molecule has 2 amide bonds. The fourth-order valence-electron chi connectivity index (χ4n) is 2.84. The molecule has 0 saturated carbocycles. The van der Waals surface area contributed by atoms with Crippen LogP contribution in [0, 0.1) is 12.8 Å². The summed E-state index contributed by atoms with van der Waals surface area (Å²) in [6.07, 6.45) is 0.396. The minimum atomic E-state index is -0.510. The van der Waals surface area contributed by atoms with Crippen molar-refractivity contribution in [1.82, 2.24) is 10.2 Å². The summed E-state index contributed by atoms with van der Waals surface area (Å²) in [6, 6.07) is 17.7. The monoisotopic (exact) mass is 412 g/mol. The smallest absolute Gasteiger partial charge is 0.242 e. The number of carbonyl (C=O) groups is 2. The minimum absolute atomic E-state index is 0.00111. The number of hydrogen-bond donors (Lipinski definition) is 1. The van der Waals surface area contributed by atoms with Crippen LogP contribution in [-0.4, -0.2) is 35.1 Å². The van der Waals surface area contributed by atoms with Gasteiger partial charge in [0.15, 0.2) is 0 Å². The fourth-order valence-corrected chi connectivity index (χ4v) is 3.70. The van der Waals surface area contributed by atoms with Gasteiger partial charge in [0.25, 0.3) is 0 Å². The number of hydrogen-bond acceptors (Lipinski definition) is 3. The van der Waals surface area contributed by atoms with Crippen LogP contribution >= 0.6 is 11.8 Å². The molecular formula is C24H32N2O2S. The Labute approximate surface area is 179 Å². The van der Waals surface area contributed by atoms with E-state index in [4.69, 9.17) is 0 Å². The molecule has 0 aliphatic heterocycles. The van der Waals surface area contributed by atoms with Gasteiger partial charge in [0, 0.05) is 30.2 Å². The molecular weight excluding hydrogens is 380 g/mol. The van der Waals surface area contributed by atoms with Crippen LogP contribution in [0.5, 0.6) is 0 Å². The lowest BCUT2D eigenvalue weighted by molar-refractivity contribution is -0.140. The number of benzene rings is 2. The van der Waals surface area contributed by atoms with Gasteiger partial charge in [-0.1, -0.05) is 61.9 Å². The van der Waals surface area contributed by atoms with Gasteiger partial charge in [-0.2, -0.15) is 0 Å². The molecule has 0 aromatic heterocycles. The van der Waals surface area contributed by atoms with E-state index in [1.54, 1.807) is 16.7 Å². The first-order valence-electron chi connectivity index (χ1n) is 10.2. The molecule has 0 aliphatic carbocycles. The number of aryl methyl sites for hydroxylation is 1. The van der Waals surface area contributed by atoms with Crippen LogP contribution in [-0.2, 0) is 16.1 Å². The second kappa shape index (κ2) is 11.7. The Balaban J connectivity index is 2.04. The molecule has 1 N–H and O–H groups in total. The number of thioether (sulfide) groups is 1. The predicted molar refractivity (Wildman–Crippen MR) is 121 cm³/mol. The van der Waals surface area contributed by atoms with Crippen LogP contribution < -0.4 is 5.32 Å². The van der Waals surface area contributed by atoms with E-state index in [1.807, 2.05) is 68.4 Å². The standard InChI is InChI=1S/C24H32N2O2S/c1-18(2)16-25-24(28)20(4)26(17-21-12-10-19(3)11-13-21)23(27)14-15-29-22-8-6-5-7-9-22/h5-13,18,20H,14-17H2,1-4H3,(H,25,28)/t20-/m1/s1. The molecule has 0 fully saturated rings. The third-order valence-corrected chi connectivity index (χ3v) is 5.67. The molecule has 0 aliphatic rings.